The van der Waals surface area contributed by atoms with E-state index in [1.54, 1.807) is 18.2 Å². The first kappa shape index (κ1) is 15.3. The molecule has 6 nitrogen and oxygen atoms in total. The number of hydrogen-bond acceptors (Lipinski definition) is 4. The van der Waals surface area contributed by atoms with Crippen molar-refractivity contribution in [3.63, 3.8) is 0 Å². The van der Waals surface area contributed by atoms with Gasteiger partial charge < -0.3 is 15.5 Å². The molecule has 0 radical (unpaired) electrons. The fourth-order valence-electron chi connectivity index (χ4n) is 2.34. The third kappa shape index (κ3) is 3.78. The highest BCUT2D eigenvalue weighted by atomic mass is 35.5. The van der Waals surface area contributed by atoms with Crippen molar-refractivity contribution < 1.29 is 9.59 Å². The van der Waals surface area contributed by atoms with Crippen molar-refractivity contribution in [2.24, 2.45) is 0 Å². The maximum absolute atomic E-state index is 12.1. The van der Waals surface area contributed by atoms with Crippen molar-refractivity contribution in [2.75, 3.05) is 29.9 Å². The van der Waals surface area contributed by atoms with Crippen LogP contribution in [-0.2, 0) is 4.79 Å². The number of nitrogens with zero attached hydrogens (tertiary/aromatic N) is 2. The molecule has 1 aromatic carbocycles. The summed E-state index contributed by atoms with van der Waals surface area (Å²) < 4.78 is 0. The van der Waals surface area contributed by atoms with Crippen LogP contribution in [0.4, 0.5) is 11.4 Å². The van der Waals surface area contributed by atoms with E-state index in [2.05, 4.69) is 15.6 Å². The Morgan fingerprint density at radius 1 is 1.26 bits per heavy atom. The van der Waals surface area contributed by atoms with Crippen LogP contribution in [-0.4, -0.2) is 36.4 Å². The number of halogens is 1. The summed E-state index contributed by atoms with van der Waals surface area (Å²) in [5.41, 5.74) is 1.86. The van der Waals surface area contributed by atoms with Crippen molar-refractivity contribution in [1.29, 1.82) is 0 Å². The van der Waals surface area contributed by atoms with E-state index in [0.717, 1.165) is 12.2 Å². The zero-order valence-electron chi connectivity index (χ0n) is 12.3. The van der Waals surface area contributed by atoms with Crippen LogP contribution in [0.5, 0.6) is 0 Å². The number of nitrogens with one attached hydrogen (secondary N) is 2. The number of hydrogen-bond donors (Lipinski definition) is 2. The standard InChI is InChI=1S/C16H15ClN4O2/c17-11-5-6-18-14(9-11)16(23)20-12-1-3-13(4-2-12)21-8-7-19-15(22)10-21/h1-6,9H,7-8,10H2,(H,19,22)(H,20,23). The summed E-state index contributed by atoms with van der Waals surface area (Å²) in [6, 6.07) is 10.5. The molecular formula is C16H15ClN4O2. The highest BCUT2D eigenvalue weighted by Gasteiger charge is 2.16. The Bertz CT molecular complexity index is 733. The average molecular weight is 331 g/mol. The van der Waals surface area contributed by atoms with Crippen LogP contribution in [0, 0.1) is 0 Å². The predicted octanol–water partition coefficient (Wildman–Crippen LogP) is 1.92. The molecule has 2 N–H and O–H groups in total. The number of carbonyl (C=O) groups is 2. The zero-order valence-corrected chi connectivity index (χ0v) is 13.0. The van der Waals surface area contributed by atoms with E-state index in [1.165, 1.54) is 12.3 Å². The summed E-state index contributed by atoms with van der Waals surface area (Å²) in [6.07, 6.45) is 1.49. The quantitative estimate of drug-likeness (QED) is 0.901. The largest absolute Gasteiger partial charge is 0.360 e. The summed E-state index contributed by atoms with van der Waals surface area (Å²) in [5.74, 6) is -0.307. The second kappa shape index (κ2) is 6.66. The van der Waals surface area contributed by atoms with Gasteiger partial charge in [0.05, 0.1) is 6.54 Å². The van der Waals surface area contributed by atoms with E-state index in [1.807, 2.05) is 17.0 Å². The Labute approximate surface area is 138 Å². The number of carbonyl (C=O) groups excluding carboxylic acids is 2. The zero-order chi connectivity index (χ0) is 16.2. The van der Waals surface area contributed by atoms with Gasteiger partial charge in [0, 0.05) is 35.7 Å². The van der Waals surface area contributed by atoms with Gasteiger partial charge in [-0.1, -0.05) is 11.6 Å². The first-order valence-corrected chi connectivity index (χ1v) is 7.54. The average Bonchev–Trinajstić information content (AvgIpc) is 2.55. The van der Waals surface area contributed by atoms with Crippen molar-refractivity contribution >= 4 is 34.8 Å². The lowest BCUT2D eigenvalue weighted by Crippen LogP contribution is -2.47. The number of pyridine rings is 1. The van der Waals surface area contributed by atoms with Crippen LogP contribution < -0.4 is 15.5 Å². The summed E-state index contributed by atoms with van der Waals surface area (Å²) in [6.45, 7) is 1.75. The molecule has 0 atom stereocenters. The molecule has 1 fully saturated rings. The monoisotopic (exact) mass is 330 g/mol. The van der Waals surface area contributed by atoms with Gasteiger partial charge in [-0.05, 0) is 36.4 Å². The molecule has 2 heterocycles. The molecule has 118 valence electrons. The van der Waals surface area contributed by atoms with Gasteiger partial charge in [0.2, 0.25) is 5.91 Å². The van der Waals surface area contributed by atoms with Crippen molar-refractivity contribution in [3.8, 4) is 0 Å². The normalized spacial score (nSPS) is 14.3. The smallest absolute Gasteiger partial charge is 0.274 e. The lowest BCUT2D eigenvalue weighted by molar-refractivity contribution is -0.120. The van der Waals surface area contributed by atoms with Gasteiger partial charge in [-0.25, -0.2) is 0 Å². The van der Waals surface area contributed by atoms with Crippen LogP contribution in [0.25, 0.3) is 0 Å². The van der Waals surface area contributed by atoms with E-state index in [-0.39, 0.29) is 17.5 Å². The Hall–Kier alpha value is -2.60. The Kier molecular flexibility index (Phi) is 4.43. The molecule has 0 bridgehead atoms. The fraction of sp³-hybridized carbons (Fsp3) is 0.188. The summed E-state index contributed by atoms with van der Waals surface area (Å²) in [5, 5.41) is 6.01. The fourth-order valence-corrected chi connectivity index (χ4v) is 2.50. The number of piperazine rings is 1. The SMILES string of the molecule is O=C1CN(c2ccc(NC(=O)c3cc(Cl)ccn3)cc2)CCN1. The molecule has 1 aliphatic rings. The van der Waals surface area contributed by atoms with Gasteiger partial charge in [0.1, 0.15) is 5.69 Å². The first-order chi connectivity index (χ1) is 11.1. The number of rotatable bonds is 3. The highest BCUT2D eigenvalue weighted by Crippen LogP contribution is 2.19. The van der Waals surface area contributed by atoms with Gasteiger partial charge in [-0.15, -0.1) is 0 Å². The minimum absolute atomic E-state index is 0.0145. The van der Waals surface area contributed by atoms with Gasteiger partial charge in [-0.3, -0.25) is 14.6 Å². The lowest BCUT2D eigenvalue weighted by Gasteiger charge is -2.28. The number of benzene rings is 1. The molecule has 2 amide bonds. The molecule has 2 aromatic rings. The van der Waals surface area contributed by atoms with Gasteiger partial charge in [0.15, 0.2) is 0 Å². The molecule has 7 heteroatoms. The second-order valence-electron chi connectivity index (χ2n) is 5.13. The molecule has 1 aromatic heterocycles. The highest BCUT2D eigenvalue weighted by molar-refractivity contribution is 6.30. The molecular weight excluding hydrogens is 316 g/mol. The minimum Gasteiger partial charge on any atom is -0.360 e. The van der Waals surface area contributed by atoms with E-state index >= 15 is 0 Å². The van der Waals surface area contributed by atoms with Gasteiger partial charge in [-0.2, -0.15) is 0 Å². The van der Waals surface area contributed by atoms with Crippen molar-refractivity contribution in [1.82, 2.24) is 10.3 Å². The molecule has 23 heavy (non-hydrogen) atoms. The van der Waals surface area contributed by atoms with Crippen LogP contribution in [0.15, 0.2) is 42.6 Å². The molecule has 3 rings (SSSR count). The van der Waals surface area contributed by atoms with Crippen molar-refractivity contribution in [2.45, 2.75) is 0 Å². The van der Waals surface area contributed by atoms with E-state index in [4.69, 9.17) is 11.6 Å². The van der Waals surface area contributed by atoms with Crippen LogP contribution >= 0.6 is 11.6 Å². The number of anilines is 2. The second-order valence-corrected chi connectivity index (χ2v) is 5.57. The summed E-state index contributed by atoms with van der Waals surface area (Å²) >= 11 is 5.85. The van der Waals surface area contributed by atoms with E-state index < -0.39 is 0 Å². The third-order valence-electron chi connectivity index (χ3n) is 3.48. The number of aromatic nitrogens is 1. The number of amides is 2. The van der Waals surface area contributed by atoms with Gasteiger partial charge in [0.25, 0.3) is 5.91 Å². The maximum atomic E-state index is 12.1. The van der Waals surface area contributed by atoms with Crippen LogP contribution in [0.3, 0.4) is 0 Å². The Morgan fingerprint density at radius 3 is 2.74 bits per heavy atom. The Morgan fingerprint density at radius 2 is 2.04 bits per heavy atom. The molecule has 0 spiro atoms. The molecule has 1 aliphatic heterocycles. The predicted molar refractivity (Wildman–Crippen MR) is 88.9 cm³/mol. The van der Waals surface area contributed by atoms with Crippen LogP contribution in [0.2, 0.25) is 5.02 Å². The topological polar surface area (TPSA) is 74.3 Å². The molecule has 0 saturated carbocycles. The maximum Gasteiger partial charge on any atom is 0.274 e. The Balaban J connectivity index is 1.67. The van der Waals surface area contributed by atoms with Crippen LogP contribution in [0.1, 0.15) is 10.5 Å². The minimum atomic E-state index is -0.322. The molecule has 0 unspecified atom stereocenters. The molecule has 0 aliphatic carbocycles. The van der Waals surface area contributed by atoms with E-state index in [0.29, 0.717) is 23.8 Å². The van der Waals surface area contributed by atoms with E-state index in [9.17, 15) is 9.59 Å². The molecule has 1 saturated heterocycles. The lowest BCUT2D eigenvalue weighted by atomic mass is 10.2. The summed E-state index contributed by atoms with van der Waals surface area (Å²) in [4.78, 5) is 29.5. The first-order valence-electron chi connectivity index (χ1n) is 7.16. The van der Waals surface area contributed by atoms with Crippen molar-refractivity contribution in [3.05, 3.63) is 53.3 Å². The summed E-state index contributed by atoms with van der Waals surface area (Å²) in [7, 11) is 0. The third-order valence-corrected chi connectivity index (χ3v) is 3.72. The van der Waals surface area contributed by atoms with Gasteiger partial charge >= 0.3 is 0 Å².